The topological polar surface area (TPSA) is 65.1 Å². The van der Waals surface area contributed by atoms with E-state index in [0.29, 0.717) is 11.5 Å². The maximum absolute atomic E-state index is 12.2. The maximum Gasteiger partial charge on any atom is 0.331 e. The van der Waals surface area contributed by atoms with Crippen molar-refractivity contribution < 1.29 is 23.8 Å². The van der Waals surface area contributed by atoms with Gasteiger partial charge in [0.05, 0.1) is 14.2 Å². The van der Waals surface area contributed by atoms with Crippen molar-refractivity contribution in [2.45, 2.75) is 32.1 Å². The molecule has 26 heavy (non-hydrogen) atoms. The number of hydrogen-bond acceptors (Lipinski definition) is 5. The molecule has 1 aliphatic heterocycles. The van der Waals surface area contributed by atoms with E-state index < -0.39 is 5.97 Å². The summed E-state index contributed by atoms with van der Waals surface area (Å²) < 4.78 is 15.5. The number of likely N-dealkylation sites (tertiary alicyclic amines) is 1. The van der Waals surface area contributed by atoms with E-state index >= 15 is 0 Å². The van der Waals surface area contributed by atoms with Crippen molar-refractivity contribution in [1.82, 2.24) is 4.90 Å². The summed E-state index contributed by atoms with van der Waals surface area (Å²) in [5.41, 5.74) is 0.723. The largest absolute Gasteiger partial charge is 0.497 e. The van der Waals surface area contributed by atoms with Crippen molar-refractivity contribution in [3.63, 3.8) is 0 Å². The lowest BCUT2D eigenvalue weighted by Gasteiger charge is -2.24. The molecule has 0 N–H and O–H groups in total. The number of methoxy groups -OCH3 is 2. The summed E-state index contributed by atoms with van der Waals surface area (Å²) in [7, 11) is 3.12. The van der Waals surface area contributed by atoms with Crippen LogP contribution in [0, 0.1) is 0 Å². The van der Waals surface area contributed by atoms with E-state index in [2.05, 4.69) is 0 Å². The molecule has 0 spiro atoms. The first-order valence-electron chi connectivity index (χ1n) is 8.98. The predicted molar refractivity (Wildman–Crippen MR) is 99.2 cm³/mol. The lowest BCUT2D eigenvalue weighted by molar-refractivity contribution is -0.148. The third-order valence-corrected chi connectivity index (χ3v) is 4.39. The van der Waals surface area contributed by atoms with Gasteiger partial charge in [-0.25, -0.2) is 4.79 Å². The molecule has 1 aromatic rings. The van der Waals surface area contributed by atoms with E-state index in [0.717, 1.165) is 44.3 Å². The molecule has 0 atom stereocenters. The minimum absolute atomic E-state index is 0.129. The second kappa shape index (κ2) is 10.5. The molecule has 2 rings (SSSR count). The molecular weight excluding hydrogens is 334 g/mol. The van der Waals surface area contributed by atoms with Gasteiger partial charge in [-0.05, 0) is 31.1 Å². The fourth-order valence-electron chi connectivity index (χ4n) is 2.88. The molecule has 6 nitrogen and oxygen atoms in total. The average Bonchev–Trinajstić information content (AvgIpc) is 2.64. The summed E-state index contributed by atoms with van der Waals surface area (Å²) in [6, 6.07) is 5.29. The Hall–Kier alpha value is -2.50. The molecule has 0 saturated carbocycles. The van der Waals surface area contributed by atoms with Crippen LogP contribution >= 0.6 is 0 Å². The highest BCUT2D eigenvalue weighted by Crippen LogP contribution is 2.25. The smallest absolute Gasteiger partial charge is 0.331 e. The number of carbonyl (C=O) groups is 2. The molecule has 142 valence electrons. The Balaban J connectivity index is 1.86. The van der Waals surface area contributed by atoms with Crippen LogP contribution in [0.25, 0.3) is 6.08 Å². The number of rotatable bonds is 6. The molecule has 1 aliphatic rings. The van der Waals surface area contributed by atoms with Crippen LogP contribution in [0.2, 0.25) is 0 Å². The van der Waals surface area contributed by atoms with Gasteiger partial charge in [-0.15, -0.1) is 0 Å². The summed E-state index contributed by atoms with van der Waals surface area (Å²) in [5.74, 6) is 0.574. The number of esters is 1. The van der Waals surface area contributed by atoms with Gasteiger partial charge < -0.3 is 19.1 Å². The van der Waals surface area contributed by atoms with E-state index in [1.54, 1.807) is 43.4 Å². The van der Waals surface area contributed by atoms with Gasteiger partial charge in [0.2, 0.25) is 0 Å². The average molecular weight is 361 g/mol. The monoisotopic (exact) mass is 361 g/mol. The van der Waals surface area contributed by atoms with E-state index in [4.69, 9.17) is 14.2 Å². The first-order valence-corrected chi connectivity index (χ1v) is 8.98. The Morgan fingerprint density at radius 1 is 1.04 bits per heavy atom. The van der Waals surface area contributed by atoms with Crippen LogP contribution in [0.4, 0.5) is 0 Å². The molecular formula is C20H27NO5. The predicted octanol–water partition coefficient (Wildman–Crippen LogP) is 3.05. The van der Waals surface area contributed by atoms with Crippen LogP contribution in [0.15, 0.2) is 24.3 Å². The van der Waals surface area contributed by atoms with E-state index in [1.165, 1.54) is 12.5 Å². The highest BCUT2D eigenvalue weighted by Gasteiger charge is 2.16. The summed E-state index contributed by atoms with van der Waals surface area (Å²) in [4.78, 5) is 25.9. The second-order valence-electron chi connectivity index (χ2n) is 6.20. The second-order valence-corrected chi connectivity index (χ2v) is 6.20. The molecule has 1 fully saturated rings. The Morgan fingerprint density at radius 2 is 1.73 bits per heavy atom. The Morgan fingerprint density at radius 3 is 2.38 bits per heavy atom. The molecule has 0 radical (unpaired) electrons. The SMILES string of the molecule is COc1ccc(/C=C/C(=O)OCC(=O)N2CCCCCCC2)c(OC)c1. The first kappa shape index (κ1) is 19.8. The van der Waals surface area contributed by atoms with Gasteiger partial charge in [0.15, 0.2) is 6.61 Å². The molecule has 1 amide bonds. The number of carbonyl (C=O) groups excluding carboxylic acids is 2. The zero-order chi connectivity index (χ0) is 18.8. The third kappa shape index (κ3) is 6.10. The van der Waals surface area contributed by atoms with E-state index in [9.17, 15) is 9.59 Å². The van der Waals surface area contributed by atoms with E-state index in [-0.39, 0.29) is 12.5 Å². The van der Waals surface area contributed by atoms with Gasteiger partial charge in [0.25, 0.3) is 5.91 Å². The number of nitrogens with zero attached hydrogens (tertiary/aromatic N) is 1. The lowest BCUT2D eigenvalue weighted by Crippen LogP contribution is -2.36. The van der Waals surface area contributed by atoms with Crippen molar-refractivity contribution >= 4 is 18.0 Å². The Bertz CT molecular complexity index is 633. The standard InChI is InChI=1S/C20H27NO5/c1-24-17-10-8-16(18(14-17)25-2)9-11-20(23)26-15-19(22)21-12-6-4-3-5-7-13-21/h8-11,14H,3-7,12-13,15H2,1-2H3/b11-9+. The number of benzene rings is 1. The highest BCUT2D eigenvalue weighted by atomic mass is 16.5. The maximum atomic E-state index is 12.2. The van der Waals surface area contributed by atoms with Crippen LogP contribution in [-0.4, -0.2) is 50.7 Å². The first-order chi connectivity index (χ1) is 12.6. The van der Waals surface area contributed by atoms with Crippen LogP contribution in [0.5, 0.6) is 11.5 Å². The van der Waals surface area contributed by atoms with Gasteiger partial charge in [0, 0.05) is 30.8 Å². The van der Waals surface area contributed by atoms with Crippen LogP contribution in [-0.2, 0) is 14.3 Å². The molecule has 1 heterocycles. The van der Waals surface area contributed by atoms with Crippen molar-refractivity contribution in [2.24, 2.45) is 0 Å². The number of hydrogen-bond donors (Lipinski definition) is 0. The summed E-state index contributed by atoms with van der Waals surface area (Å²) in [5, 5.41) is 0. The summed E-state index contributed by atoms with van der Waals surface area (Å²) in [6.07, 6.45) is 8.45. The van der Waals surface area contributed by atoms with Gasteiger partial charge in [-0.1, -0.05) is 19.3 Å². The van der Waals surface area contributed by atoms with Crippen molar-refractivity contribution in [1.29, 1.82) is 0 Å². The number of amides is 1. The van der Waals surface area contributed by atoms with Crippen LogP contribution in [0.3, 0.4) is 0 Å². The summed E-state index contributed by atoms with van der Waals surface area (Å²) in [6.45, 7) is 1.27. The lowest BCUT2D eigenvalue weighted by atomic mass is 10.1. The third-order valence-electron chi connectivity index (χ3n) is 4.39. The highest BCUT2D eigenvalue weighted by molar-refractivity contribution is 5.89. The Kier molecular flexibility index (Phi) is 7.99. The van der Waals surface area contributed by atoms with Crippen molar-refractivity contribution in [2.75, 3.05) is 33.9 Å². The normalized spacial score (nSPS) is 15.2. The van der Waals surface area contributed by atoms with Gasteiger partial charge in [-0.2, -0.15) is 0 Å². The molecule has 6 heteroatoms. The van der Waals surface area contributed by atoms with Gasteiger partial charge in [0.1, 0.15) is 11.5 Å². The molecule has 0 aromatic heterocycles. The van der Waals surface area contributed by atoms with E-state index in [1.807, 2.05) is 0 Å². The molecule has 0 bridgehead atoms. The van der Waals surface area contributed by atoms with Gasteiger partial charge >= 0.3 is 5.97 Å². The molecule has 1 saturated heterocycles. The van der Waals surface area contributed by atoms with Crippen LogP contribution < -0.4 is 9.47 Å². The minimum Gasteiger partial charge on any atom is -0.497 e. The van der Waals surface area contributed by atoms with Crippen LogP contribution in [0.1, 0.15) is 37.7 Å². The Labute approximate surface area is 154 Å². The zero-order valence-corrected chi connectivity index (χ0v) is 15.5. The fraction of sp³-hybridized carbons (Fsp3) is 0.500. The summed E-state index contributed by atoms with van der Waals surface area (Å²) >= 11 is 0. The molecule has 0 aliphatic carbocycles. The van der Waals surface area contributed by atoms with Crippen molar-refractivity contribution in [3.05, 3.63) is 29.8 Å². The molecule has 0 unspecified atom stereocenters. The quantitative estimate of drug-likeness (QED) is 0.575. The zero-order valence-electron chi connectivity index (χ0n) is 15.5. The molecule has 1 aromatic carbocycles. The number of ether oxygens (including phenoxy) is 3. The minimum atomic E-state index is -0.553. The fourth-order valence-corrected chi connectivity index (χ4v) is 2.88. The van der Waals surface area contributed by atoms with Gasteiger partial charge in [-0.3, -0.25) is 4.79 Å². The van der Waals surface area contributed by atoms with Crippen molar-refractivity contribution in [3.8, 4) is 11.5 Å².